The van der Waals surface area contributed by atoms with E-state index in [0.717, 1.165) is 38.1 Å². The van der Waals surface area contributed by atoms with Crippen LogP contribution in [-0.4, -0.2) is 243 Å². The number of carbonyl (C=O) groups excluding carboxylic acids is 13. The number of phenolic OH excluding ortho intramolecular Hbond substituents is 1. The van der Waals surface area contributed by atoms with Gasteiger partial charge >= 0.3 is 37.7 Å². The highest BCUT2D eigenvalue weighted by Gasteiger charge is 2.47. The molecular weight excluding hydrogens is 1500 g/mol. The molecule has 15 atom stereocenters. The number of aliphatic carboxylic acids is 4. The van der Waals surface area contributed by atoms with Crippen molar-refractivity contribution >= 4 is 130 Å². The van der Waals surface area contributed by atoms with E-state index in [-0.39, 0.29) is 16.7 Å². The van der Waals surface area contributed by atoms with Crippen molar-refractivity contribution in [3.05, 3.63) is 102 Å². The molecule has 43 nitrogen and oxygen atoms in total. The molecule has 7 rings (SSSR count). The molecule has 2 aromatic heterocycles. The summed E-state index contributed by atoms with van der Waals surface area (Å²) < 4.78 is 28.2. The van der Waals surface area contributed by atoms with Crippen molar-refractivity contribution in [3.8, 4) is 5.75 Å². The SMILES string of the molecule is CCCC1OC1C(=O)N[C@@H](CO)C(=O)NC1C(=O)N[C@H](Cc2c[nH]c3ccccc23)C(=O)N[C@@H](CC(=O)O)C(=O)N[C@@H](CC(=O)O)C(=O)N[C@@H](c2ccc(O)cc2)C(=O)N[C@@H](CC(=O)O)C(=O)NCC(=O)N[C@H](C(OP(=O)(O)O)C(N)=O)C(=O)NC(C(C)CC(=O)O)C(=O)N[C@@H](Cc2c[nH]c3ccccc23)C(=O)OC1C. The van der Waals surface area contributed by atoms with E-state index in [4.69, 9.17) is 15.2 Å². The van der Waals surface area contributed by atoms with Crippen LogP contribution in [0, 0.1) is 5.92 Å². The van der Waals surface area contributed by atoms with Crippen LogP contribution in [0.2, 0.25) is 0 Å². The van der Waals surface area contributed by atoms with E-state index < -0.39 is 257 Å². The topological polar surface area (TPSA) is 690 Å². The number of aromatic amines is 2. The van der Waals surface area contributed by atoms with Crippen molar-refractivity contribution in [1.82, 2.24) is 68.5 Å². The van der Waals surface area contributed by atoms with Crippen LogP contribution in [0.4, 0.5) is 0 Å². The Hall–Kier alpha value is -12.4. The number of cyclic esters (lactones) is 1. The number of aromatic hydroxyl groups is 1. The minimum absolute atomic E-state index is 0.197. The van der Waals surface area contributed by atoms with Crippen molar-refractivity contribution in [2.24, 2.45) is 11.7 Å². The number of H-pyrrole nitrogens is 2. The average molecular weight is 1580 g/mol. The number of fused-ring (bicyclic) bond motifs is 2. The molecule has 7 unspecified atom stereocenters. The number of carboxylic acids is 4. The molecule has 23 N–H and O–H groups in total. The van der Waals surface area contributed by atoms with Gasteiger partial charge in [-0.1, -0.05) is 68.8 Å². The fraction of sp³-hybridized carbons (Fsp3) is 0.418. The van der Waals surface area contributed by atoms with Crippen LogP contribution < -0.4 is 64.2 Å². The highest BCUT2D eigenvalue weighted by Crippen LogP contribution is 2.38. The number of rotatable bonds is 25. The third kappa shape index (κ3) is 24.5. The number of ether oxygens (including phenoxy) is 2. The van der Waals surface area contributed by atoms with Gasteiger partial charge in [0.2, 0.25) is 65.0 Å². The fourth-order valence-electron chi connectivity index (χ4n) is 11.8. The molecule has 44 heteroatoms. The number of hydrogen-bond donors (Lipinski definition) is 22. The molecule has 0 aliphatic carbocycles. The maximum absolute atomic E-state index is 15.4. The number of carbonyl (C=O) groups is 17. The summed E-state index contributed by atoms with van der Waals surface area (Å²) >= 11 is 0. The third-order valence-electron chi connectivity index (χ3n) is 17.3. The lowest BCUT2D eigenvalue weighted by molar-refractivity contribution is -0.156. The van der Waals surface area contributed by atoms with E-state index in [9.17, 15) is 107 Å². The number of benzene rings is 3. The van der Waals surface area contributed by atoms with Gasteiger partial charge in [-0.05, 0) is 60.2 Å². The van der Waals surface area contributed by atoms with Crippen LogP contribution in [0.1, 0.15) is 82.0 Å². The number of phosphoric ester groups is 1. The van der Waals surface area contributed by atoms with E-state index in [1.165, 1.54) is 12.4 Å². The largest absolute Gasteiger partial charge is 0.508 e. The molecule has 5 aromatic rings. The molecule has 0 bridgehead atoms. The van der Waals surface area contributed by atoms with E-state index in [2.05, 4.69) is 46.4 Å². The molecule has 598 valence electrons. The molecule has 2 aliphatic heterocycles. The van der Waals surface area contributed by atoms with Crippen LogP contribution in [0.25, 0.3) is 21.8 Å². The van der Waals surface area contributed by atoms with Gasteiger partial charge in [-0.3, -0.25) is 81.2 Å². The second-order valence-corrected chi connectivity index (χ2v) is 27.0. The summed E-state index contributed by atoms with van der Waals surface area (Å²) in [5, 5.41) is 85.1. The zero-order valence-corrected chi connectivity index (χ0v) is 59.9. The number of nitrogens with two attached hydrogens (primary N) is 1. The lowest BCUT2D eigenvalue weighted by atomic mass is 9.95. The molecule has 0 spiro atoms. The Balaban J connectivity index is 1.40. The quantitative estimate of drug-likeness (QED) is 0.0147. The standard InChI is InChI=1S/C67H81N14O29P/c1-4-9-44-54(109-44)66(103)77-43(27-82)61(98)80-51-29(3)108-67(104)42(20-32-25-70-37-13-8-6-11-35(32)37)76-62(99)50(28(2)18-46(85)86)79-65(102)53(55(56(68)93)110-111(105,106)107)78-45(84)26-71-57(94)39(21-47(87)88)75-64(101)52(30-14-16-33(83)17-15-30)81-60(97)41(23-49(91)92)73-59(96)40(22-48(89)90)72-58(95)38(74-63(51)100)19-31-24-69-36-12-7-5-10-34(31)36/h5-8,10-17,24-25,28-29,38-44,50-55,69-70,82-83H,4,9,18-23,26-27H2,1-3H3,(H2,68,93)(H,71,94)(H,72,95)(H,73,96)(H,74,100)(H,75,101)(H,76,99)(H,77,103)(H,78,84)(H,79,102)(H,80,98)(H,81,97)(H,85,86)(H,87,88)(H,89,90)(H,91,92)(H2,105,106,107)/t28?,29?,38-,39+,40+,41+,42+,43+,44?,50?,51?,52+,53-,54?,55?/m1/s1. The smallest absolute Gasteiger partial charge is 0.470 e. The van der Waals surface area contributed by atoms with Gasteiger partial charge in [-0.15, -0.1) is 0 Å². The van der Waals surface area contributed by atoms with E-state index in [0.29, 0.717) is 34.6 Å². The summed E-state index contributed by atoms with van der Waals surface area (Å²) in [7, 11) is -6.01. The van der Waals surface area contributed by atoms with Crippen LogP contribution in [0.15, 0.2) is 85.2 Å². The summed E-state index contributed by atoms with van der Waals surface area (Å²) in [4.78, 5) is 263. The first kappa shape index (κ1) is 85.8. The number of carboxylic acid groups (broad SMARTS) is 4. The third-order valence-corrected chi connectivity index (χ3v) is 17.8. The van der Waals surface area contributed by atoms with Crippen LogP contribution in [0.5, 0.6) is 5.75 Å². The predicted molar refractivity (Wildman–Crippen MR) is 374 cm³/mol. The van der Waals surface area contributed by atoms with Gasteiger partial charge in [-0.2, -0.15) is 0 Å². The van der Waals surface area contributed by atoms with Gasteiger partial charge in [0.25, 0.3) is 5.91 Å². The number of amides is 12. The normalized spacial score (nSPS) is 24.1. The molecule has 2 aliphatic rings. The Kier molecular flexibility index (Phi) is 29.8. The lowest BCUT2D eigenvalue weighted by Crippen LogP contribution is -2.63. The molecule has 4 heterocycles. The number of esters is 1. The van der Waals surface area contributed by atoms with E-state index >= 15 is 19.2 Å². The number of nitrogens with one attached hydrogen (secondary N) is 13. The van der Waals surface area contributed by atoms with Crippen molar-refractivity contribution in [1.29, 1.82) is 0 Å². The predicted octanol–water partition coefficient (Wildman–Crippen LogP) is -5.52. The molecule has 2 saturated heterocycles. The minimum Gasteiger partial charge on any atom is -0.508 e. The van der Waals surface area contributed by atoms with E-state index in [1.807, 2.05) is 26.6 Å². The Morgan fingerprint density at radius 2 is 1.11 bits per heavy atom. The summed E-state index contributed by atoms with van der Waals surface area (Å²) in [5.74, 6) is -29.6. The molecule has 3 aromatic carbocycles. The summed E-state index contributed by atoms with van der Waals surface area (Å²) in [6.07, 6.45) is -9.62. The van der Waals surface area contributed by atoms with Gasteiger partial charge in [0.15, 0.2) is 12.2 Å². The number of phosphoric acid groups is 1. The zero-order valence-electron chi connectivity index (χ0n) is 59.0. The number of aromatic nitrogens is 2. The summed E-state index contributed by atoms with van der Waals surface area (Å²) in [6.45, 7) is 1.15. The maximum Gasteiger partial charge on any atom is 0.470 e. The number of hydrogen-bond acceptors (Lipinski definition) is 23. The molecule has 0 saturated carbocycles. The highest BCUT2D eigenvalue weighted by atomic mass is 31.2. The first-order valence-electron chi connectivity index (χ1n) is 33.9. The van der Waals surface area contributed by atoms with Gasteiger partial charge in [0.05, 0.1) is 44.9 Å². The van der Waals surface area contributed by atoms with Gasteiger partial charge < -0.3 is 124 Å². The van der Waals surface area contributed by atoms with E-state index in [1.54, 1.807) is 55.5 Å². The van der Waals surface area contributed by atoms with Gasteiger partial charge in [0.1, 0.15) is 72.3 Å². The Morgan fingerprint density at radius 1 is 0.613 bits per heavy atom. The summed E-state index contributed by atoms with van der Waals surface area (Å²) in [5.41, 5.74) is 6.38. The van der Waals surface area contributed by atoms with Crippen LogP contribution >= 0.6 is 7.82 Å². The van der Waals surface area contributed by atoms with Crippen molar-refractivity contribution in [3.63, 3.8) is 0 Å². The number of phenols is 1. The molecule has 2 fully saturated rings. The number of epoxide rings is 1. The first-order chi connectivity index (χ1) is 52.3. The second kappa shape index (κ2) is 38.6. The molecule has 12 amide bonds. The highest BCUT2D eigenvalue weighted by molar-refractivity contribution is 7.46. The zero-order chi connectivity index (χ0) is 81.9. The van der Waals surface area contributed by atoms with Crippen molar-refractivity contribution in [2.45, 2.75) is 157 Å². The van der Waals surface area contributed by atoms with Crippen LogP contribution in [-0.2, 0) is 113 Å². The average Bonchev–Trinajstić information content (AvgIpc) is 1.77. The van der Waals surface area contributed by atoms with Crippen LogP contribution in [0.3, 0.4) is 0 Å². The molecule has 111 heavy (non-hydrogen) atoms. The lowest BCUT2D eigenvalue weighted by Gasteiger charge is -2.31. The first-order valence-corrected chi connectivity index (χ1v) is 35.4. The number of primary amides is 1. The Bertz CT molecular complexity index is 4430. The molecule has 0 radical (unpaired) electrons. The maximum atomic E-state index is 15.4. The summed E-state index contributed by atoms with van der Waals surface area (Å²) in [6, 6.07) is -6.43. The number of aliphatic hydroxyl groups excluding tert-OH is 1. The second-order valence-electron chi connectivity index (χ2n) is 25.8. The fourth-order valence-corrected chi connectivity index (χ4v) is 12.3. The Morgan fingerprint density at radius 3 is 1.63 bits per heavy atom. The monoisotopic (exact) mass is 1580 g/mol. The Labute approximate surface area is 626 Å². The van der Waals surface area contributed by atoms with Gasteiger partial charge in [0, 0.05) is 47.0 Å². The number of aliphatic hydroxyl groups is 1. The minimum atomic E-state index is -6.01. The van der Waals surface area contributed by atoms with Crippen molar-refractivity contribution in [2.75, 3.05) is 13.2 Å². The number of para-hydroxylation sites is 2. The van der Waals surface area contributed by atoms with Crippen molar-refractivity contribution < 1.29 is 140 Å². The molecular formula is C67H81N14O29P. The van der Waals surface area contributed by atoms with Gasteiger partial charge in [-0.25, -0.2) is 9.36 Å².